The van der Waals surface area contributed by atoms with Crippen LogP contribution in [0, 0.1) is 28.6 Å². The van der Waals surface area contributed by atoms with Gasteiger partial charge in [-0.15, -0.1) is 6.58 Å². The minimum absolute atomic E-state index is 0.0134. The Morgan fingerprint density at radius 2 is 1.63 bits per heavy atom. The van der Waals surface area contributed by atoms with Crippen LogP contribution in [0.25, 0.3) is 0 Å². The molecule has 13 nitrogen and oxygen atoms in total. The molecule has 5 amide bonds. The van der Waals surface area contributed by atoms with E-state index >= 15 is 0 Å². The van der Waals surface area contributed by atoms with Gasteiger partial charge in [0, 0.05) is 20.2 Å². The minimum atomic E-state index is -3.71. The van der Waals surface area contributed by atoms with Crippen LogP contribution >= 0.6 is 0 Å². The van der Waals surface area contributed by atoms with E-state index in [4.69, 9.17) is 4.74 Å². The van der Waals surface area contributed by atoms with Gasteiger partial charge in [-0.3, -0.25) is 19.2 Å². The standard InChI is InChI=1S/C38H63N5O8S/c1-10-20-39-32(46)29(44)26(17-16-24-14-15-24)40-31(45)28-27-25(37(27,7)8)21-43(28)33(47)30(35(2,3)4)41-34(48)42-38(18-12-11-13-19-38)23-52(49,50)36(5,6)22-51-9/h10,24-28,30H,1,11-23H2,2-9H3,(H,39,46)(H,40,45)(H2,41,42,48)/t25-,26-,27-,28-,30+/m0/s1. The van der Waals surface area contributed by atoms with Gasteiger partial charge in [-0.05, 0) is 68.1 Å². The van der Waals surface area contributed by atoms with Crippen LogP contribution in [0.2, 0.25) is 0 Å². The Morgan fingerprint density at radius 3 is 2.19 bits per heavy atom. The number of hydrogen-bond acceptors (Lipinski definition) is 8. The van der Waals surface area contributed by atoms with Crippen LogP contribution in [-0.4, -0.2) is 104 Å². The number of ether oxygens (including phenoxy) is 1. The summed E-state index contributed by atoms with van der Waals surface area (Å²) in [5.74, 6) is -2.34. The average Bonchev–Trinajstić information content (AvgIpc) is 3.91. The van der Waals surface area contributed by atoms with Crippen LogP contribution < -0.4 is 21.3 Å². The number of piperidine rings is 1. The highest BCUT2D eigenvalue weighted by Crippen LogP contribution is 2.65. The van der Waals surface area contributed by atoms with Crippen molar-refractivity contribution in [2.45, 2.75) is 135 Å². The van der Waals surface area contributed by atoms with Crippen LogP contribution in [0.5, 0.6) is 0 Å². The van der Waals surface area contributed by atoms with E-state index < -0.39 is 73.2 Å². The number of amides is 5. The van der Waals surface area contributed by atoms with Crippen LogP contribution in [-0.2, 0) is 33.8 Å². The van der Waals surface area contributed by atoms with E-state index in [9.17, 15) is 32.4 Å². The predicted octanol–water partition coefficient (Wildman–Crippen LogP) is 3.27. The summed E-state index contributed by atoms with van der Waals surface area (Å²) >= 11 is 0. The zero-order valence-corrected chi connectivity index (χ0v) is 33.4. The maximum Gasteiger partial charge on any atom is 0.315 e. The average molecular weight is 750 g/mol. The first-order valence-electron chi connectivity index (χ1n) is 18.9. The number of Topliss-reactive ketones (excluding diaryl/α,β-unsaturated/α-hetero) is 1. The van der Waals surface area contributed by atoms with Gasteiger partial charge >= 0.3 is 6.03 Å². The Bertz CT molecular complexity index is 1490. The number of carbonyl (C=O) groups is 5. The highest BCUT2D eigenvalue weighted by molar-refractivity contribution is 7.92. The maximum atomic E-state index is 14.5. The lowest BCUT2D eigenvalue weighted by molar-refractivity contribution is -0.145. The number of nitrogens with zero attached hydrogens (tertiary/aromatic N) is 1. The van der Waals surface area contributed by atoms with Crippen molar-refractivity contribution >= 4 is 39.4 Å². The fraction of sp³-hybridized carbons (Fsp3) is 0.816. The van der Waals surface area contributed by atoms with Crippen molar-refractivity contribution in [1.82, 2.24) is 26.2 Å². The molecular formula is C38H63N5O8S. The number of carbonyl (C=O) groups excluding carboxylic acids is 5. The highest BCUT2D eigenvalue weighted by atomic mass is 32.2. The van der Waals surface area contributed by atoms with Gasteiger partial charge in [0.1, 0.15) is 12.1 Å². The number of ketones is 1. The molecule has 4 N–H and O–H groups in total. The molecule has 1 saturated heterocycles. The molecule has 0 unspecified atom stereocenters. The Kier molecular flexibility index (Phi) is 12.7. The summed E-state index contributed by atoms with van der Waals surface area (Å²) in [6.07, 6.45) is 8.01. The Morgan fingerprint density at radius 1 is 1.00 bits per heavy atom. The molecule has 52 heavy (non-hydrogen) atoms. The Labute approximate surface area is 310 Å². The molecule has 0 aromatic rings. The summed E-state index contributed by atoms with van der Waals surface area (Å²) < 4.78 is 31.3. The molecule has 1 aliphatic heterocycles. The van der Waals surface area contributed by atoms with Crippen LogP contribution in [0.3, 0.4) is 0 Å². The summed E-state index contributed by atoms with van der Waals surface area (Å²) in [4.78, 5) is 70.0. The fourth-order valence-corrected chi connectivity index (χ4v) is 10.1. The zero-order chi connectivity index (χ0) is 38.9. The largest absolute Gasteiger partial charge is 0.383 e. The highest BCUT2D eigenvalue weighted by Gasteiger charge is 2.70. The van der Waals surface area contributed by atoms with Gasteiger partial charge in [0.2, 0.25) is 17.6 Å². The molecule has 14 heteroatoms. The number of hydrogen-bond donors (Lipinski definition) is 4. The van der Waals surface area contributed by atoms with E-state index in [-0.39, 0.29) is 36.2 Å². The third-order valence-electron chi connectivity index (χ3n) is 12.0. The van der Waals surface area contributed by atoms with E-state index in [1.807, 2.05) is 20.8 Å². The van der Waals surface area contributed by atoms with E-state index in [2.05, 4.69) is 41.7 Å². The van der Waals surface area contributed by atoms with Crippen molar-refractivity contribution < 1.29 is 37.1 Å². The molecule has 3 saturated carbocycles. The number of nitrogens with one attached hydrogen (secondary N) is 4. The number of sulfone groups is 1. The third-order valence-corrected chi connectivity index (χ3v) is 14.7. The number of urea groups is 1. The van der Waals surface area contributed by atoms with Crippen molar-refractivity contribution in [3.63, 3.8) is 0 Å². The quantitative estimate of drug-likeness (QED) is 0.129. The normalized spacial score (nSPS) is 24.8. The Hall–Kier alpha value is -3.00. The Balaban J connectivity index is 1.55. The van der Waals surface area contributed by atoms with E-state index in [0.717, 1.165) is 32.1 Å². The third kappa shape index (κ3) is 9.37. The molecule has 4 aliphatic rings. The molecule has 3 aliphatic carbocycles. The lowest BCUT2D eigenvalue weighted by Gasteiger charge is -2.41. The van der Waals surface area contributed by atoms with Gasteiger partial charge < -0.3 is 30.9 Å². The molecular weight excluding hydrogens is 687 g/mol. The first-order chi connectivity index (χ1) is 24.1. The summed E-state index contributed by atoms with van der Waals surface area (Å²) in [6.45, 7) is 16.9. The van der Waals surface area contributed by atoms with Crippen molar-refractivity contribution in [3.05, 3.63) is 12.7 Å². The molecule has 0 radical (unpaired) electrons. The molecule has 0 aromatic carbocycles. The summed E-state index contributed by atoms with van der Waals surface area (Å²) in [5, 5.41) is 11.3. The van der Waals surface area contributed by atoms with E-state index in [1.165, 1.54) is 18.1 Å². The summed E-state index contributed by atoms with van der Waals surface area (Å²) in [6, 6.07) is -3.62. The van der Waals surface area contributed by atoms with Crippen molar-refractivity contribution in [2.75, 3.05) is 32.6 Å². The van der Waals surface area contributed by atoms with Gasteiger partial charge in [-0.25, -0.2) is 13.2 Å². The first-order valence-corrected chi connectivity index (χ1v) is 20.6. The summed E-state index contributed by atoms with van der Waals surface area (Å²) in [5.41, 5.74) is -2.01. The minimum Gasteiger partial charge on any atom is -0.383 e. The van der Waals surface area contributed by atoms with E-state index in [1.54, 1.807) is 13.8 Å². The van der Waals surface area contributed by atoms with Gasteiger partial charge in [0.05, 0.1) is 28.7 Å². The van der Waals surface area contributed by atoms with Gasteiger partial charge in [0.25, 0.3) is 5.91 Å². The number of fused-ring (bicyclic) bond motifs is 1. The van der Waals surface area contributed by atoms with Gasteiger partial charge in [-0.2, -0.15) is 0 Å². The summed E-state index contributed by atoms with van der Waals surface area (Å²) in [7, 11) is -2.26. The zero-order valence-electron chi connectivity index (χ0n) is 32.6. The molecule has 294 valence electrons. The first kappa shape index (κ1) is 41.8. The number of likely N-dealkylation sites (tertiary alicyclic amines) is 1. The molecule has 1 heterocycles. The molecule has 5 atom stereocenters. The second-order valence-electron chi connectivity index (χ2n) is 18.0. The fourth-order valence-electron chi connectivity index (χ4n) is 8.31. The second kappa shape index (κ2) is 15.8. The predicted molar refractivity (Wildman–Crippen MR) is 199 cm³/mol. The smallest absolute Gasteiger partial charge is 0.315 e. The van der Waals surface area contributed by atoms with Crippen molar-refractivity contribution in [2.24, 2.45) is 28.6 Å². The van der Waals surface area contributed by atoms with Gasteiger partial charge in [-0.1, -0.05) is 72.8 Å². The molecule has 4 rings (SSSR count). The molecule has 4 fully saturated rings. The van der Waals surface area contributed by atoms with Crippen LogP contribution in [0.15, 0.2) is 12.7 Å². The van der Waals surface area contributed by atoms with Crippen LogP contribution in [0.1, 0.15) is 106 Å². The topological polar surface area (TPSA) is 180 Å². The lowest BCUT2D eigenvalue weighted by Crippen LogP contribution is -2.64. The van der Waals surface area contributed by atoms with E-state index in [0.29, 0.717) is 38.1 Å². The molecule has 0 spiro atoms. The molecule has 0 bridgehead atoms. The SMILES string of the molecule is C=CCNC(=O)C(=O)[C@H](CCC1CC1)NC(=O)[C@@H]1[C@@H]2[C@H](CN1C(=O)[C@@H](NC(=O)NC1(CS(=O)(=O)C(C)(C)COC)CCCCC1)C(C)(C)C)C2(C)C. The van der Waals surface area contributed by atoms with Gasteiger partial charge in [0.15, 0.2) is 9.84 Å². The number of methoxy groups -OCH3 is 1. The maximum absolute atomic E-state index is 14.5. The van der Waals surface area contributed by atoms with Crippen molar-refractivity contribution in [1.29, 1.82) is 0 Å². The lowest BCUT2D eigenvalue weighted by atomic mass is 9.83. The molecule has 0 aromatic heterocycles. The monoisotopic (exact) mass is 749 g/mol. The second-order valence-corrected chi connectivity index (χ2v) is 20.6. The van der Waals surface area contributed by atoms with Crippen LogP contribution in [0.4, 0.5) is 4.79 Å². The number of rotatable bonds is 17. The van der Waals surface area contributed by atoms with Crippen molar-refractivity contribution in [3.8, 4) is 0 Å².